The van der Waals surface area contributed by atoms with Crippen LogP contribution >= 0.6 is 0 Å². The SMILES string of the molecule is CCCCCCCCCCN(CCCCCCCCCC)CCN(CCCN)CCCN. The summed E-state index contributed by atoms with van der Waals surface area (Å²) in [6.45, 7) is 13.4. The quantitative estimate of drug-likeness (QED) is 0.138. The monoisotopic (exact) mass is 454 g/mol. The second kappa shape index (κ2) is 27.1. The Labute approximate surface area is 203 Å². The van der Waals surface area contributed by atoms with Crippen LogP contribution in [0.25, 0.3) is 0 Å². The molecular weight excluding hydrogens is 392 g/mol. The molecular formula is C28H62N4. The van der Waals surface area contributed by atoms with Gasteiger partial charge in [-0.3, -0.25) is 0 Å². The lowest BCUT2D eigenvalue weighted by Crippen LogP contribution is -2.38. The summed E-state index contributed by atoms with van der Waals surface area (Å²) in [4.78, 5) is 5.35. The van der Waals surface area contributed by atoms with Gasteiger partial charge in [0, 0.05) is 13.1 Å². The first-order chi connectivity index (χ1) is 15.8. The van der Waals surface area contributed by atoms with Crippen molar-refractivity contribution in [3.63, 3.8) is 0 Å². The number of hydrogen-bond acceptors (Lipinski definition) is 4. The van der Waals surface area contributed by atoms with Gasteiger partial charge in [-0.1, -0.05) is 104 Å². The van der Waals surface area contributed by atoms with Crippen molar-refractivity contribution in [3.8, 4) is 0 Å². The number of nitrogens with zero attached hydrogens (tertiary/aromatic N) is 2. The summed E-state index contributed by atoms with van der Waals surface area (Å²) in [7, 11) is 0. The van der Waals surface area contributed by atoms with E-state index < -0.39 is 0 Å². The highest BCUT2D eigenvalue weighted by Gasteiger charge is 2.09. The predicted molar refractivity (Wildman–Crippen MR) is 145 cm³/mol. The standard InChI is InChI=1S/C28H62N4/c1-3-5-7-9-11-13-15-17-23-31(24-18-16-14-12-10-8-6-4-2)27-28-32(25-19-21-29)26-20-22-30/h3-30H2,1-2H3. The van der Waals surface area contributed by atoms with Crippen LogP contribution < -0.4 is 11.5 Å². The molecule has 4 nitrogen and oxygen atoms in total. The molecule has 0 aliphatic carbocycles. The molecule has 32 heavy (non-hydrogen) atoms. The van der Waals surface area contributed by atoms with Crippen molar-refractivity contribution in [3.05, 3.63) is 0 Å². The summed E-state index contributed by atoms with van der Waals surface area (Å²) < 4.78 is 0. The number of hydrogen-bond donors (Lipinski definition) is 2. The summed E-state index contributed by atoms with van der Waals surface area (Å²) in [6, 6.07) is 0. The zero-order valence-electron chi connectivity index (χ0n) is 22.4. The Hall–Kier alpha value is -0.160. The molecule has 0 radical (unpaired) electrons. The van der Waals surface area contributed by atoms with Crippen LogP contribution in [-0.4, -0.2) is 62.2 Å². The van der Waals surface area contributed by atoms with Gasteiger partial charge in [0.25, 0.3) is 0 Å². The third-order valence-corrected chi connectivity index (χ3v) is 6.75. The van der Waals surface area contributed by atoms with E-state index >= 15 is 0 Å². The Bertz CT molecular complexity index is 309. The predicted octanol–water partition coefficient (Wildman–Crippen LogP) is 6.57. The van der Waals surface area contributed by atoms with E-state index in [9.17, 15) is 0 Å². The van der Waals surface area contributed by atoms with Crippen LogP contribution in [0.5, 0.6) is 0 Å². The fraction of sp³-hybridized carbons (Fsp3) is 1.00. The minimum absolute atomic E-state index is 0.791. The van der Waals surface area contributed by atoms with E-state index in [1.165, 1.54) is 129 Å². The van der Waals surface area contributed by atoms with Gasteiger partial charge in [-0.25, -0.2) is 0 Å². The molecule has 0 rings (SSSR count). The average Bonchev–Trinajstić information content (AvgIpc) is 2.81. The molecule has 0 aliphatic rings. The summed E-state index contributed by atoms with van der Waals surface area (Å²) in [5.41, 5.74) is 11.5. The second-order valence-corrected chi connectivity index (χ2v) is 9.92. The van der Waals surface area contributed by atoms with Gasteiger partial charge in [0.2, 0.25) is 0 Å². The molecule has 0 bridgehead atoms. The first kappa shape index (κ1) is 31.8. The third kappa shape index (κ3) is 23.0. The molecule has 0 aromatic rings. The zero-order valence-corrected chi connectivity index (χ0v) is 22.4. The smallest absolute Gasteiger partial charge is 0.0109 e. The van der Waals surface area contributed by atoms with Crippen molar-refractivity contribution in [2.45, 2.75) is 129 Å². The Morgan fingerprint density at radius 3 is 0.938 bits per heavy atom. The van der Waals surface area contributed by atoms with Crippen molar-refractivity contribution >= 4 is 0 Å². The molecule has 194 valence electrons. The topological polar surface area (TPSA) is 58.5 Å². The van der Waals surface area contributed by atoms with Crippen molar-refractivity contribution in [1.82, 2.24) is 9.80 Å². The zero-order chi connectivity index (χ0) is 23.5. The van der Waals surface area contributed by atoms with Crippen molar-refractivity contribution in [2.24, 2.45) is 11.5 Å². The van der Waals surface area contributed by atoms with Crippen LogP contribution in [-0.2, 0) is 0 Å². The summed E-state index contributed by atoms with van der Waals surface area (Å²) in [5.74, 6) is 0. The van der Waals surface area contributed by atoms with Gasteiger partial charge in [0.15, 0.2) is 0 Å². The van der Waals surface area contributed by atoms with Gasteiger partial charge in [-0.2, -0.15) is 0 Å². The van der Waals surface area contributed by atoms with Crippen LogP contribution in [0.1, 0.15) is 129 Å². The van der Waals surface area contributed by atoms with E-state index in [2.05, 4.69) is 23.6 Å². The number of unbranched alkanes of at least 4 members (excludes halogenated alkanes) is 14. The molecule has 0 aromatic carbocycles. The molecule has 0 atom stereocenters. The van der Waals surface area contributed by atoms with Gasteiger partial charge < -0.3 is 21.3 Å². The van der Waals surface area contributed by atoms with Crippen LogP contribution in [0.15, 0.2) is 0 Å². The Morgan fingerprint density at radius 2 is 0.625 bits per heavy atom. The van der Waals surface area contributed by atoms with Gasteiger partial charge in [0.05, 0.1) is 0 Å². The van der Waals surface area contributed by atoms with Gasteiger partial charge >= 0.3 is 0 Å². The maximum atomic E-state index is 5.76. The van der Waals surface area contributed by atoms with Gasteiger partial charge in [-0.15, -0.1) is 0 Å². The van der Waals surface area contributed by atoms with Gasteiger partial charge in [-0.05, 0) is 65.0 Å². The normalized spacial score (nSPS) is 11.8. The van der Waals surface area contributed by atoms with E-state index in [1.807, 2.05) is 0 Å². The lowest BCUT2D eigenvalue weighted by atomic mass is 10.1. The van der Waals surface area contributed by atoms with Crippen LogP contribution in [0.4, 0.5) is 0 Å². The fourth-order valence-corrected chi connectivity index (χ4v) is 4.52. The summed E-state index contributed by atoms with van der Waals surface area (Å²) in [5, 5.41) is 0. The third-order valence-electron chi connectivity index (χ3n) is 6.75. The average molecular weight is 455 g/mol. The molecule has 0 aromatic heterocycles. The van der Waals surface area contributed by atoms with E-state index in [-0.39, 0.29) is 0 Å². The first-order valence-electron chi connectivity index (χ1n) is 14.6. The Balaban J connectivity index is 4.20. The Kier molecular flexibility index (Phi) is 27.0. The molecule has 0 aliphatic heterocycles. The summed E-state index contributed by atoms with van der Waals surface area (Å²) in [6.07, 6.45) is 24.7. The van der Waals surface area contributed by atoms with Crippen LogP contribution in [0, 0.1) is 0 Å². The number of nitrogens with two attached hydrogens (primary N) is 2. The van der Waals surface area contributed by atoms with Crippen molar-refractivity contribution in [2.75, 3.05) is 52.4 Å². The van der Waals surface area contributed by atoms with E-state index in [1.54, 1.807) is 0 Å². The van der Waals surface area contributed by atoms with Crippen LogP contribution in [0.2, 0.25) is 0 Å². The van der Waals surface area contributed by atoms with Crippen molar-refractivity contribution in [1.29, 1.82) is 0 Å². The molecule has 0 heterocycles. The summed E-state index contributed by atoms with van der Waals surface area (Å²) >= 11 is 0. The van der Waals surface area contributed by atoms with Crippen LogP contribution in [0.3, 0.4) is 0 Å². The first-order valence-corrected chi connectivity index (χ1v) is 14.6. The lowest BCUT2D eigenvalue weighted by Gasteiger charge is -2.28. The second-order valence-electron chi connectivity index (χ2n) is 9.92. The number of rotatable bonds is 27. The molecule has 0 fully saturated rings. The highest BCUT2D eigenvalue weighted by atomic mass is 15.2. The molecule has 0 saturated carbocycles. The lowest BCUT2D eigenvalue weighted by molar-refractivity contribution is 0.196. The highest BCUT2D eigenvalue weighted by Crippen LogP contribution is 2.11. The van der Waals surface area contributed by atoms with E-state index in [4.69, 9.17) is 11.5 Å². The Morgan fingerprint density at radius 1 is 0.344 bits per heavy atom. The molecule has 4 heteroatoms. The maximum absolute atomic E-state index is 5.76. The maximum Gasteiger partial charge on any atom is 0.0109 e. The molecule has 4 N–H and O–H groups in total. The molecule has 0 spiro atoms. The van der Waals surface area contributed by atoms with Gasteiger partial charge in [0.1, 0.15) is 0 Å². The van der Waals surface area contributed by atoms with Crippen molar-refractivity contribution < 1.29 is 0 Å². The minimum atomic E-state index is 0.791. The minimum Gasteiger partial charge on any atom is -0.330 e. The molecule has 0 unspecified atom stereocenters. The van der Waals surface area contributed by atoms with E-state index in [0.29, 0.717) is 0 Å². The molecule has 0 amide bonds. The molecule has 0 saturated heterocycles. The van der Waals surface area contributed by atoms with E-state index in [0.717, 1.165) is 39.0 Å². The largest absolute Gasteiger partial charge is 0.330 e. The highest BCUT2D eigenvalue weighted by molar-refractivity contribution is 4.66. The fourth-order valence-electron chi connectivity index (χ4n) is 4.52.